The maximum atomic E-state index is 14.0. The van der Waals surface area contributed by atoms with Gasteiger partial charge in [0, 0.05) is 22.5 Å². The maximum absolute atomic E-state index is 14.0. The molecule has 1 unspecified atom stereocenters. The van der Waals surface area contributed by atoms with Crippen molar-refractivity contribution in [2.45, 2.75) is 126 Å². The highest BCUT2D eigenvalue weighted by Crippen LogP contribution is 2.44. The summed E-state index contributed by atoms with van der Waals surface area (Å²) >= 11 is 0. The van der Waals surface area contributed by atoms with Gasteiger partial charge in [-0.05, 0) is 113 Å². The summed E-state index contributed by atoms with van der Waals surface area (Å²) in [5, 5.41) is 0.696. The van der Waals surface area contributed by atoms with Crippen LogP contribution in [0.3, 0.4) is 0 Å². The van der Waals surface area contributed by atoms with Crippen molar-refractivity contribution in [1.29, 1.82) is 0 Å². The molecule has 0 N–H and O–H groups in total. The predicted molar refractivity (Wildman–Crippen MR) is 203 cm³/mol. The standard InChI is InChI=1S/C43H58O11/c1-40(2,3)36(44)50-24-31-33(52-37(45)41(4,5)6)35(54-39(47)43(10,11)12)34(53-38(46)42(7,8)9)32(51-31)28-21-27-26(20-19-25-17-15-14-16-18-25)23-49-30(27)22-29(28)48-13/h14-18,21-23,31-35H,19-20,24H2,1-13H3/t31-,32?,33-,34+,35+/m1/s1/i1D,4D,7D,10D. The van der Waals surface area contributed by atoms with Crippen LogP contribution in [0.4, 0.5) is 0 Å². The molecule has 0 saturated carbocycles. The summed E-state index contributed by atoms with van der Waals surface area (Å²) in [6, 6.07) is 13.4. The fourth-order valence-corrected chi connectivity index (χ4v) is 5.55. The van der Waals surface area contributed by atoms with E-state index in [0.29, 0.717) is 29.4 Å². The predicted octanol–water partition coefficient (Wildman–Crippen LogP) is 8.13. The lowest BCUT2D eigenvalue weighted by atomic mass is 9.87. The van der Waals surface area contributed by atoms with Gasteiger partial charge in [-0.25, -0.2) is 0 Å². The fraction of sp³-hybridized carbons (Fsp3) is 0.581. The maximum Gasteiger partial charge on any atom is 0.311 e. The van der Waals surface area contributed by atoms with E-state index in [-0.39, 0.29) is 33.3 Å². The highest BCUT2D eigenvalue weighted by Gasteiger charge is 2.55. The molecule has 54 heavy (non-hydrogen) atoms. The van der Waals surface area contributed by atoms with E-state index in [1.807, 2.05) is 30.3 Å². The quantitative estimate of drug-likeness (QED) is 0.147. The zero-order chi connectivity index (χ0) is 43.2. The number of aryl methyl sites for hydroxylation is 2. The highest BCUT2D eigenvalue weighted by molar-refractivity contribution is 5.84. The summed E-state index contributed by atoms with van der Waals surface area (Å²) in [6.45, 7) is 10.2. The molecule has 4 rings (SSSR count). The second-order valence-electron chi connectivity index (χ2n) is 16.7. The summed E-state index contributed by atoms with van der Waals surface area (Å²) in [7, 11) is 1.43. The first-order chi connectivity index (χ1) is 27.2. The Morgan fingerprint density at radius 2 is 1.24 bits per heavy atom. The SMILES string of the molecule is [2H]CC(C)(C)C(=O)OC[C@H]1OC(c2cc3c(CCc4ccccc4)coc3cc2OC)[C@H](OC(=O)C(C)(C)C[2H])[C@@H](OC(=O)C(C)(C)C[2H])[C@@H]1OC(=O)C(C)(C)C[2H]. The van der Waals surface area contributed by atoms with Crippen molar-refractivity contribution in [1.82, 2.24) is 0 Å². The van der Waals surface area contributed by atoms with Crippen LogP contribution in [0.5, 0.6) is 5.75 Å². The molecular formula is C43H58O11. The lowest BCUT2D eigenvalue weighted by molar-refractivity contribution is -0.262. The van der Waals surface area contributed by atoms with Crippen LogP contribution in [0, 0.1) is 21.7 Å². The van der Waals surface area contributed by atoms with Gasteiger partial charge in [0.1, 0.15) is 30.1 Å². The first kappa shape index (κ1) is 36.6. The van der Waals surface area contributed by atoms with Gasteiger partial charge in [-0.15, -0.1) is 0 Å². The minimum Gasteiger partial charge on any atom is -0.496 e. The number of furan rings is 1. The van der Waals surface area contributed by atoms with Gasteiger partial charge in [0.2, 0.25) is 0 Å². The number of benzene rings is 2. The van der Waals surface area contributed by atoms with Gasteiger partial charge in [0.25, 0.3) is 0 Å². The minimum atomic E-state index is -1.64. The molecule has 0 spiro atoms. The number of hydrogen-bond donors (Lipinski definition) is 0. The summed E-state index contributed by atoms with van der Waals surface area (Å²) in [5.41, 5.74) is -2.50. The molecule has 1 aliphatic rings. The van der Waals surface area contributed by atoms with E-state index in [2.05, 4.69) is 0 Å². The van der Waals surface area contributed by atoms with Gasteiger partial charge < -0.3 is 32.8 Å². The van der Waals surface area contributed by atoms with Crippen LogP contribution in [-0.4, -0.2) is 62.0 Å². The Morgan fingerprint density at radius 1 is 0.704 bits per heavy atom. The lowest BCUT2D eigenvalue weighted by Crippen LogP contribution is -2.61. The van der Waals surface area contributed by atoms with E-state index in [0.717, 1.165) is 11.1 Å². The van der Waals surface area contributed by atoms with Crippen LogP contribution in [0.15, 0.2) is 53.1 Å². The van der Waals surface area contributed by atoms with Gasteiger partial charge in [0.05, 0.1) is 35.0 Å². The second-order valence-corrected chi connectivity index (χ2v) is 16.7. The minimum absolute atomic E-state index is 0.246. The van der Waals surface area contributed by atoms with Crippen molar-refractivity contribution in [3.05, 3.63) is 65.4 Å². The van der Waals surface area contributed by atoms with E-state index < -0.39 is 82.7 Å². The zero-order valence-corrected chi connectivity index (χ0v) is 32.9. The summed E-state index contributed by atoms with van der Waals surface area (Å²) in [5.74, 6) is -3.08. The molecule has 1 aliphatic heterocycles. The average Bonchev–Trinajstić information content (AvgIpc) is 3.61. The fourth-order valence-electron chi connectivity index (χ4n) is 5.55. The van der Waals surface area contributed by atoms with Crippen molar-refractivity contribution >= 4 is 34.8 Å². The Kier molecular flexibility index (Phi) is 10.9. The Labute approximate surface area is 324 Å². The molecule has 2 heterocycles. The topological polar surface area (TPSA) is 137 Å². The summed E-state index contributed by atoms with van der Waals surface area (Å²) in [6.07, 6.45) is -4.56. The van der Waals surface area contributed by atoms with Crippen LogP contribution in [0.25, 0.3) is 11.0 Å². The molecule has 0 amide bonds. The molecule has 11 heteroatoms. The molecular weight excluding hydrogens is 692 g/mol. The lowest BCUT2D eigenvalue weighted by Gasteiger charge is -2.46. The zero-order valence-electron chi connectivity index (χ0n) is 36.9. The molecule has 1 aromatic heterocycles. The number of fused-ring (bicyclic) bond motifs is 1. The third-order valence-corrected chi connectivity index (χ3v) is 8.79. The van der Waals surface area contributed by atoms with Crippen molar-refractivity contribution < 1.29 is 57.5 Å². The molecule has 5 atom stereocenters. The van der Waals surface area contributed by atoms with Crippen molar-refractivity contribution in [2.75, 3.05) is 13.7 Å². The molecule has 0 aliphatic carbocycles. The van der Waals surface area contributed by atoms with Gasteiger partial charge >= 0.3 is 23.9 Å². The molecule has 1 fully saturated rings. The molecule has 296 valence electrons. The van der Waals surface area contributed by atoms with Gasteiger partial charge in [-0.1, -0.05) is 30.3 Å². The van der Waals surface area contributed by atoms with E-state index in [1.54, 1.807) is 32.2 Å². The molecule has 1 saturated heterocycles. The van der Waals surface area contributed by atoms with Crippen LogP contribution < -0.4 is 4.74 Å². The number of esters is 4. The van der Waals surface area contributed by atoms with E-state index in [9.17, 15) is 19.2 Å². The van der Waals surface area contributed by atoms with Crippen LogP contribution in [-0.2, 0) is 55.7 Å². The Hall–Kier alpha value is -4.38. The Balaban J connectivity index is 1.97. The average molecular weight is 755 g/mol. The smallest absolute Gasteiger partial charge is 0.311 e. The Bertz CT molecular complexity index is 1910. The van der Waals surface area contributed by atoms with Gasteiger partial charge in [0.15, 0.2) is 18.3 Å². The molecule has 0 radical (unpaired) electrons. The summed E-state index contributed by atoms with van der Waals surface area (Å²) < 4.78 is 74.9. The number of hydrogen-bond acceptors (Lipinski definition) is 11. The molecule has 2 aromatic carbocycles. The van der Waals surface area contributed by atoms with Gasteiger partial charge in [-0.3, -0.25) is 19.2 Å². The second kappa shape index (κ2) is 16.2. The number of carbonyl (C=O) groups excluding carboxylic acids is 4. The largest absolute Gasteiger partial charge is 0.496 e. The number of ether oxygens (including phenoxy) is 6. The summed E-state index contributed by atoms with van der Waals surface area (Å²) in [4.78, 5) is 55.0. The molecule has 0 bridgehead atoms. The number of rotatable bonds is 10. The van der Waals surface area contributed by atoms with E-state index >= 15 is 0 Å². The molecule has 3 aromatic rings. The van der Waals surface area contributed by atoms with Gasteiger partial charge in [-0.2, -0.15) is 0 Å². The van der Waals surface area contributed by atoms with E-state index in [4.69, 9.17) is 38.3 Å². The van der Waals surface area contributed by atoms with Crippen LogP contribution in [0.1, 0.15) is 111 Å². The first-order valence-corrected chi connectivity index (χ1v) is 17.9. The third kappa shape index (κ3) is 10.2. The van der Waals surface area contributed by atoms with Crippen molar-refractivity contribution in [3.8, 4) is 5.75 Å². The number of methoxy groups -OCH3 is 1. The Morgan fingerprint density at radius 3 is 1.80 bits per heavy atom. The highest BCUT2D eigenvalue weighted by atomic mass is 16.7. The monoisotopic (exact) mass is 754 g/mol. The van der Waals surface area contributed by atoms with Crippen molar-refractivity contribution in [2.24, 2.45) is 21.7 Å². The third-order valence-electron chi connectivity index (χ3n) is 8.79. The van der Waals surface area contributed by atoms with E-state index in [1.165, 1.54) is 48.7 Å². The first-order valence-electron chi connectivity index (χ1n) is 20.7. The normalized spacial score (nSPS) is 21.9. The molecule has 11 nitrogen and oxygen atoms in total. The van der Waals surface area contributed by atoms with Crippen LogP contribution >= 0.6 is 0 Å². The number of carbonyl (C=O) groups is 4. The van der Waals surface area contributed by atoms with Crippen LogP contribution in [0.2, 0.25) is 0 Å². The van der Waals surface area contributed by atoms with Crippen molar-refractivity contribution in [3.63, 3.8) is 0 Å².